The normalized spacial score (nSPS) is 8.33. The van der Waals surface area contributed by atoms with Gasteiger partial charge in [0.05, 0.1) is 6.07 Å². The molecule has 0 saturated carbocycles. The standard InChI is InChI=1S/C10H12O.C3H5N/c1-9(11)7-8-10-5-3-2-4-6-10;1-2-3-4/h2-6H,7-8H2,1H3;2H2,1H3. The third-order valence-corrected chi connectivity index (χ3v) is 1.77. The molecular formula is C13H17NO. The molecule has 0 bridgehead atoms. The molecule has 1 aromatic rings. The molecule has 0 amide bonds. The number of nitrogens with zero attached hydrogens (tertiary/aromatic N) is 1. The monoisotopic (exact) mass is 203 g/mol. The number of carbonyl (C=O) groups is 1. The van der Waals surface area contributed by atoms with Gasteiger partial charge in [-0.3, -0.25) is 0 Å². The van der Waals surface area contributed by atoms with E-state index in [-0.39, 0.29) is 5.78 Å². The van der Waals surface area contributed by atoms with Crippen LogP contribution in [0.4, 0.5) is 0 Å². The Bertz CT molecular complexity index is 311. The highest BCUT2D eigenvalue weighted by atomic mass is 16.1. The number of Topliss-reactive ketones (excluding diaryl/α,β-unsaturated/α-hetero) is 1. The second-order valence-corrected chi connectivity index (χ2v) is 3.20. The van der Waals surface area contributed by atoms with E-state index < -0.39 is 0 Å². The minimum absolute atomic E-state index is 0.258. The molecule has 0 fully saturated rings. The first kappa shape index (κ1) is 13.4. The summed E-state index contributed by atoms with van der Waals surface area (Å²) in [6.07, 6.45) is 2.15. The van der Waals surface area contributed by atoms with Gasteiger partial charge in [0.1, 0.15) is 5.78 Å². The summed E-state index contributed by atoms with van der Waals surface area (Å²) in [5, 5.41) is 7.62. The quantitative estimate of drug-likeness (QED) is 0.757. The molecule has 0 aliphatic carbocycles. The largest absolute Gasteiger partial charge is 0.300 e. The van der Waals surface area contributed by atoms with E-state index in [1.165, 1.54) is 5.56 Å². The molecule has 1 rings (SSSR count). The van der Waals surface area contributed by atoms with E-state index in [9.17, 15) is 4.79 Å². The Morgan fingerprint density at radius 3 is 2.27 bits per heavy atom. The van der Waals surface area contributed by atoms with Crippen LogP contribution in [0, 0.1) is 11.3 Å². The van der Waals surface area contributed by atoms with Crippen LogP contribution in [-0.2, 0) is 11.2 Å². The van der Waals surface area contributed by atoms with E-state index >= 15 is 0 Å². The van der Waals surface area contributed by atoms with Crippen LogP contribution in [-0.4, -0.2) is 5.78 Å². The van der Waals surface area contributed by atoms with Gasteiger partial charge >= 0.3 is 0 Å². The van der Waals surface area contributed by atoms with E-state index in [0.29, 0.717) is 12.8 Å². The third-order valence-electron chi connectivity index (χ3n) is 1.77. The average molecular weight is 203 g/mol. The maximum Gasteiger partial charge on any atom is 0.130 e. The van der Waals surface area contributed by atoms with Crippen molar-refractivity contribution >= 4 is 5.78 Å². The molecule has 2 heteroatoms. The predicted octanol–water partition coefficient (Wildman–Crippen LogP) is 3.13. The summed E-state index contributed by atoms with van der Waals surface area (Å²) in [4.78, 5) is 10.6. The Hall–Kier alpha value is -1.62. The summed E-state index contributed by atoms with van der Waals surface area (Å²) in [6.45, 7) is 3.45. The first-order valence-electron chi connectivity index (χ1n) is 5.11. The Labute approximate surface area is 91.5 Å². The highest BCUT2D eigenvalue weighted by molar-refractivity contribution is 5.75. The number of ketones is 1. The van der Waals surface area contributed by atoms with Crippen molar-refractivity contribution in [3.63, 3.8) is 0 Å². The van der Waals surface area contributed by atoms with Crippen molar-refractivity contribution in [2.45, 2.75) is 33.1 Å². The number of nitriles is 1. The van der Waals surface area contributed by atoms with Gasteiger partial charge in [-0.1, -0.05) is 37.3 Å². The lowest BCUT2D eigenvalue weighted by molar-refractivity contribution is -0.116. The van der Waals surface area contributed by atoms with E-state index in [1.54, 1.807) is 6.92 Å². The van der Waals surface area contributed by atoms with Crippen molar-refractivity contribution in [1.29, 1.82) is 5.26 Å². The van der Waals surface area contributed by atoms with E-state index in [4.69, 9.17) is 5.26 Å². The highest BCUT2D eigenvalue weighted by Gasteiger charge is 1.94. The van der Waals surface area contributed by atoms with Crippen molar-refractivity contribution in [1.82, 2.24) is 0 Å². The number of aryl methyl sites for hydroxylation is 1. The van der Waals surface area contributed by atoms with Crippen molar-refractivity contribution in [2.24, 2.45) is 0 Å². The number of benzene rings is 1. The molecule has 1 aromatic carbocycles. The molecule has 0 spiro atoms. The summed E-state index contributed by atoms with van der Waals surface area (Å²) in [7, 11) is 0. The number of carbonyl (C=O) groups excluding carboxylic acids is 1. The number of hydrogen-bond donors (Lipinski definition) is 0. The minimum Gasteiger partial charge on any atom is -0.300 e. The van der Waals surface area contributed by atoms with Crippen LogP contribution >= 0.6 is 0 Å². The zero-order valence-corrected chi connectivity index (χ0v) is 9.36. The van der Waals surface area contributed by atoms with Crippen LogP contribution < -0.4 is 0 Å². The Kier molecular flexibility index (Phi) is 7.99. The van der Waals surface area contributed by atoms with Gasteiger partial charge in [0.15, 0.2) is 0 Å². The SMILES string of the molecule is CC(=O)CCc1ccccc1.CCC#N. The van der Waals surface area contributed by atoms with Crippen LogP contribution in [0.3, 0.4) is 0 Å². The van der Waals surface area contributed by atoms with Crippen molar-refractivity contribution in [3.8, 4) is 6.07 Å². The average Bonchev–Trinajstić information content (AvgIpc) is 2.28. The van der Waals surface area contributed by atoms with Gasteiger partial charge in [0.2, 0.25) is 0 Å². The van der Waals surface area contributed by atoms with Crippen LogP contribution in [0.5, 0.6) is 0 Å². The van der Waals surface area contributed by atoms with Gasteiger partial charge in [-0.2, -0.15) is 5.26 Å². The van der Waals surface area contributed by atoms with Gasteiger partial charge in [0, 0.05) is 12.8 Å². The fourth-order valence-corrected chi connectivity index (χ4v) is 0.965. The van der Waals surface area contributed by atoms with Crippen LogP contribution in [0.2, 0.25) is 0 Å². The van der Waals surface area contributed by atoms with Crippen molar-refractivity contribution in [2.75, 3.05) is 0 Å². The Morgan fingerprint density at radius 1 is 1.33 bits per heavy atom. The van der Waals surface area contributed by atoms with Crippen molar-refractivity contribution < 1.29 is 4.79 Å². The second-order valence-electron chi connectivity index (χ2n) is 3.20. The van der Waals surface area contributed by atoms with Gasteiger partial charge in [0.25, 0.3) is 0 Å². The summed E-state index contributed by atoms with van der Waals surface area (Å²) < 4.78 is 0. The summed E-state index contributed by atoms with van der Waals surface area (Å²) in [5.41, 5.74) is 1.24. The summed E-state index contributed by atoms with van der Waals surface area (Å²) in [5.74, 6) is 0.258. The first-order valence-corrected chi connectivity index (χ1v) is 5.11. The topological polar surface area (TPSA) is 40.9 Å². The van der Waals surface area contributed by atoms with Gasteiger partial charge in [-0.05, 0) is 18.9 Å². The fourth-order valence-electron chi connectivity index (χ4n) is 0.965. The van der Waals surface area contributed by atoms with Crippen LogP contribution in [0.15, 0.2) is 30.3 Å². The van der Waals surface area contributed by atoms with E-state index in [0.717, 1.165) is 6.42 Å². The van der Waals surface area contributed by atoms with Gasteiger partial charge < -0.3 is 4.79 Å². The molecule has 0 unspecified atom stereocenters. The molecule has 15 heavy (non-hydrogen) atoms. The molecule has 0 atom stereocenters. The minimum atomic E-state index is 0.258. The third kappa shape index (κ3) is 8.70. The van der Waals surface area contributed by atoms with Crippen LogP contribution in [0.25, 0.3) is 0 Å². The van der Waals surface area contributed by atoms with Gasteiger partial charge in [-0.15, -0.1) is 0 Å². The Balaban J connectivity index is 0.000000423. The fraction of sp³-hybridized carbons (Fsp3) is 0.385. The first-order chi connectivity index (χ1) is 7.20. The number of hydrogen-bond acceptors (Lipinski definition) is 2. The summed E-state index contributed by atoms with van der Waals surface area (Å²) in [6, 6.07) is 12.0. The maximum absolute atomic E-state index is 10.6. The molecule has 0 saturated heterocycles. The van der Waals surface area contributed by atoms with E-state index in [2.05, 4.69) is 0 Å². The molecule has 0 radical (unpaired) electrons. The highest BCUT2D eigenvalue weighted by Crippen LogP contribution is 2.01. The zero-order valence-electron chi connectivity index (χ0n) is 9.36. The maximum atomic E-state index is 10.6. The number of rotatable bonds is 3. The van der Waals surface area contributed by atoms with Crippen molar-refractivity contribution in [3.05, 3.63) is 35.9 Å². The lowest BCUT2D eigenvalue weighted by Gasteiger charge is -1.96. The molecule has 0 aromatic heterocycles. The lowest BCUT2D eigenvalue weighted by atomic mass is 10.1. The molecule has 2 nitrogen and oxygen atoms in total. The van der Waals surface area contributed by atoms with E-state index in [1.807, 2.05) is 43.3 Å². The zero-order chi connectivity index (χ0) is 11.5. The molecular weight excluding hydrogens is 186 g/mol. The second kappa shape index (κ2) is 8.96. The molecule has 0 aliphatic heterocycles. The summed E-state index contributed by atoms with van der Waals surface area (Å²) >= 11 is 0. The molecule has 0 heterocycles. The lowest BCUT2D eigenvalue weighted by Crippen LogP contribution is -1.92. The Morgan fingerprint density at radius 2 is 1.87 bits per heavy atom. The predicted molar refractivity (Wildman–Crippen MR) is 61.3 cm³/mol. The van der Waals surface area contributed by atoms with Gasteiger partial charge in [-0.25, -0.2) is 0 Å². The molecule has 0 N–H and O–H groups in total. The molecule has 80 valence electrons. The molecule has 0 aliphatic rings. The smallest absolute Gasteiger partial charge is 0.130 e. The van der Waals surface area contributed by atoms with Crippen LogP contribution in [0.1, 0.15) is 32.3 Å².